The minimum Gasteiger partial charge on any atom is -0.494 e. The lowest BCUT2D eigenvalue weighted by molar-refractivity contribution is -0.138. The van der Waals surface area contributed by atoms with Gasteiger partial charge < -0.3 is 28.8 Å². The minimum atomic E-state index is -1.33. The van der Waals surface area contributed by atoms with Gasteiger partial charge in [0.2, 0.25) is 5.91 Å². The number of hydrogen-bond donors (Lipinski definition) is 1. The van der Waals surface area contributed by atoms with E-state index in [1.165, 1.54) is 31.4 Å². The molecule has 2 aromatic carbocycles. The van der Waals surface area contributed by atoms with Crippen LogP contribution in [0, 0.1) is 12.7 Å². The summed E-state index contributed by atoms with van der Waals surface area (Å²) in [5, 5.41) is 11.6. The second-order valence-corrected chi connectivity index (χ2v) is 9.94. The number of ether oxygens (including phenoxy) is 3. The van der Waals surface area contributed by atoms with Crippen LogP contribution in [-0.4, -0.2) is 89.1 Å². The zero-order valence-electron chi connectivity index (χ0n) is 22.6. The van der Waals surface area contributed by atoms with Crippen LogP contribution in [0.2, 0.25) is 0 Å². The van der Waals surface area contributed by atoms with Gasteiger partial charge >= 0.3 is 0 Å². The highest BCUT2D eigenvalue weighted by Crippen LogP contribution is 2.21. The van der Waals surface area contributed by atoms with Gasteiger partial charge in [-0.15, -0.1) is 0 Å². The fourth-order valence-electron chi connectivity index (χ4n) is 4.66. The van der Waals surface area contributed by atoms with Gasteiger partial charge in [-0.3, -0.25) is 9.69 Å². The second-order valence-electron chi connectivity index (χ2n) is 9.94. The Labute approximate surface area is 228 Å². The van der Waals surface area contributed by atoms with Crippen molar-refractivity contribution in [3.63, 3.8) is 0 Å². The van der Waals surface area contributed by atoms with Crippen LogP contribution in [0.3, 0.4) is 0 Å². The predicted molar refractivity (Wildman–Crippen MR) is 144 cm³/mol. The van der Waals surface area contributed by atoms with Crippen LogP contribution >= 0.6 is 0 Å². The van der Waals surface area contributed by atoms with Crippen LogP contribution in [0.5, 0.6) is 11.5 Å². The highest BCUT2D eigenvalue weighted by molar-refractivity contribution is 5.77. The number of methoxy groups -OCH3 is 1. The minimum absolute atomic E-state index is 0.0444. The lowest BCUT2D eigenvalue weighted by atomic mass is 10.0. The van der Waals surface area contributed by atoms with Gasteiger partial charge in [0.15, 0.2) is 0 Å². The molecule has 1 amide bonds. The molecule has 4 rings (SSSR count). The Morgan fingerprint density at radius 3 is 2.46 bits per heavy atom. The smallest absolute Gasteiger partial charge is 0.248 e. The van der Waals surface area contributed by atoms with E-state index >= 15 is 0 Å². The van der Waals surface area contributed by atoms with Gasteiger partial charge in [0, 0.05) is 52.2 Å². The van der Waals surface area contributed by atoms with Gasteiger partial charge in [-0.1, -0.05) is 12.1 Å². The van der Waals surface area contributed by atoms with E-state index in [-0.39, 0.29) is 31.5 Å². The van der Waals surface area contributed by atoms with Crippen molar-refractivity contribution in [1.29, 1.82) is 0 Å². The molecule has 10 heteroatoms. The zero-order chi connectivity index (χ0) is 27.7. The fourth-order valence-corrected chi connectivity index (χ4v) is 4.66. The molecule has 0 bridgehead atoms. The van der Waals surface area contributed by atoms with Crippen molar-refractivity contribution in [3.8, 4) is 11.5 Å². The molecule has 0 spiro atoms. The number of aryl methyl sites for hydroxylation is 2. The van der Waals surface area contributed by atoms with Gasteiger partial charge in [0.05, 0.1) is 13.2 Å². The molecular formula is C29H37FN4O5. The van der Waals surface area contributed by atoms with Crippen molar-refractivity contribution in [2.45, 2.75) is 32.0 Å². The number of hydrogen-bond acceptors (Lipinski definition) is 7. The van der Waals surface area contributed by atoms with Gasteiger partial charge in [-0.05, 0) is 55.3 Å². The van der Waals surface area contributed by atoms with E-state index in [9.17, 15) is 14.3 Å². The van der Waals surface area contributed by atoms with Crippen molar-refractivity contribution in [2.75, 3.05) is 53.1 Å². The van der Waals surface area contributed by atoms with Gasteiger partial charge in [0.1, 0.15) is 42.0 Å². The highest BCUT2D eigenvalue weighted by atomic mass is 19.1. The van der Waals surface area contributed by atoms with E-state index < -0.39 is 5.60 Å². The Morgan fingerprint density at radius 2 is 1.77 bits per heavy atom. The van der Waals surface area contributed by atoms with Crippen LogP contribution in [0.25, 0.3) is 0 Å². The highest BCUT2D eigenvalue weighted by Gasteiger charge is 2.37. The molecule has 210 valence electrons. The SMILES string of the molecule is COCC(=O)N1CCN(Cc2ccc(OCCCn3ccnc3C)cc2)C[C@@](O)(COc2ccc(F)cc2)C1. The fraction of sp³-hybridized carbons (Fsp3) is 0.448. The molecule has 0 aliphatic carbocycles. The van der Waals surface area contributed by atoms with Crippen molar-refractivity contribution >= 4 is 5.91 Å². The molecular weight excluding hydrogens is 503 g/mol. The molecule has 1 aromatic heterocycles. The second kappa shape index (κ2) is 13.5. The standard InChI is InChI=1S/C29H37FN4O5/c1-23-31-12-14-33(23)13-3-17-38-26-8-4-24(5-9-26)18-32-15-16-34(28(35)19-37-2)21-29(36,20-32)22-39-27-10-6-25(30)7-11-27/h4-12,14,36H,3,13,15-22H2,1-2H3/t29-/m0/s1. The van der Waals surface area contributed by atoms with Crippen molar-refractivity contribution < 1.29 is 28.5 Å². The Hall–Kier alpha value is -3.47. The number of benzene rings is 2. The van der Waals surface area contributed by atoms with Gasteiger partial charge in [-0.25, -0.2) is 9.37 Å². The first kappa shape index (κ1) is 28.5. The number of carbonyl (C=O) groups is 1. The topological polar surface area (TPSA) is 89.3 Å². The average Bonchev–Trinajstić information content (AvgIpc) is 3.25. The summed E-state index contributed by atoms with van der Waals surface area (Å²) in [6, 6.07) is 13.6. The summed E-state index contributed by atoms with van der Waals surface area (Å²) < 4.78 is 32.1. The molecule has 1 atom stereocenters. The number of amides is 1. The van der Waals surface area contributed by atoms with Crippen molar-refractivity contribution in [1.82, 2.24) is 19.4 Å². The van der Waals surface area contributed by atoms with Crippen LogP contribution in [-0.2, 0) is 22.6 Å². The molecule has 39 heavy (non-hydrogen) atoms. The molecule has 1 fully saturated rings. The summed E-state index contributed by atoms with van der Waals surface area (Å²) in [6.45, 7) is 5.39. The first-order valence-corrected chi connectivity index (χ1v) is 13.1. The normalized spacial score (nSPS) is 18.1. The lowest BCUT2D eigenvalue weighted by Gasteiger charge is -2.33. The molecule has 1 N–H and O–H groups in total. The predicted octanol–water partition coefficient (Wildman–Crippen LogP) is 2.90. The maximum Gasteiger partial charge on any atom is 0.248 e. The molecule has 2 heterocycles. The quantitative estimate of drug-likeness (QED) is 0.354. The number of imidazole rings is 1. The Bertz CT molecular complexity index is 1190. The first-order valence-electron chi connectivity index (χ1n) is 13.1. The summed E-state index contributed by atoms with van der Waals surface area (Å²) in [7, 11) is 1.47. The Morgan fingerprint density at radius 1 is 1.05 bits per heavy atom. The molecule has 1 aliphatic rings. The number of carbonyl (C=O) groups excluding carboxylic acids is 1. The van der Waals surface area contributed by atoms with E-state index in [0.717, 1.165) is 30.1 Å². The van der Waals surface area contributed by atoms with Crippen LogP contribution in [0.4, 0.5) is 4.39 Å². The molecule has 1 aliphatic heterocycles. The number of nitrogens with zero attached hydrogens (tertiary/aromatic N) is 4. The molecule has 3 aromatic rings. The summed E-state index contributed by atoms with van der Waals surface area (Å²) in [5.74, 6) is 1.69. The van der Waals surface area contributed by atoms with E-state index in [1.54, 1.807) is 11.1 Å². The van der Waals surface area contributed by atoms with E-state index in [0.29, 0.717) is 38.5 Å². The summed E-state index contributed by atoms with van der Waals surface area (Å²) in [5.41, 5.74) is -0.264. The molecule has 9 nitrogen and oxygen atoms in total. The molecule has 0 unspecified atom stereocenters. The molecule has 1 saturated heterocycles. The number of halogens is 1. The summed E-state index contributed by atoms with van der Waals surface area (Å²) in [6.07, 6.45) is 4.65. The third-order valence-electron chi connectivity index (χ3n) is 6.70. The molecule has 0 saturated carbocycles. The number of aromatic nitrogens is 2. The Kier molecular flexibility index (Phi) is 9.91. The van der Waals surface area contributed by atoms with Crippen molar-refractivity contribution in [2.24, 2.45) is 0 Å². The largest absolute Gasteiger partial charge is 0.494 e. The van der Waals surface area contributed by atoms with E-state index in [4.69, 9.17) is 14.2 Å². The molecule has 0 radical (unpaired) electrons. The van der Waals surface area contributed by atoms with E-state index in [1.807, 2.05) is 37.4 Å². The lowest BCUT2D eigenvalue weighted by Crippen LogP contribution is -2.52. The van der Waals surface area contributed by atoms with E-state index in [2.05, 4.69) is 14.5 Å². The maximum absolute atomic E-state index is 13.3. The zero-order valence-corrected chi connectivity index (χ0v) is 22.6. The van der Waals surface area contributed by atoms with Crippen molar-refractivity contribution in [3.05, 3.63) is 78.1 Å². The monoisotopic (exact) mass is 540 g/mol. The van der Waals surface area contributed by atoms with Crippen LogP contribution < -0.4 is 9.47 Å². The van der Waals surface area contributed by atoms with Gasteiger partial charge in [-0.2, -0.15) is 0 Å². The average molecular weight is 541 g/mol. The maximum atomic E-state index is 13.3. The number of rotatable bonds is 12. The Balaban J connectivity index is 1.34. The first-order chi connectivity index (χ1) is 18.8. The van der Waals surface area contributed by atoms with Crippen LogP contribution in [0.15, 0.2) is 60.9 Å². The van der Waals surface area contributed by atoms with Gasteiger partial charge in [0.25, 0.3) is 0 Å². The summed E-state index contributed by atoms with van der Waals surface area (Å²) >= 11 is 0. The number of β-amino-alcohol motifs (C(OH)–C–C–N with tert-alkyl or cyclic N) is 1. The number of aliphatic hydroxyl groups is 1. The third kappa shape index (κ3) is 8.51. The van der Waals surface area contributed by atoms with Crippen LogP contribution in [0.1, 0.15) is 17.8 Å². The third-order valence-corrected chi connectivity index (χ3v) is 6.70. The summed E-state index contributed by atoms with van der Waals surface area (Å²) in [4.78, 5) is 20.6.